The van der Waals surface area contributed by atoms with Gasteiger partial charge in [0.25, 0.3) is 0 Å². The van der Waals surface area contributed by atoms with Gasteiger partial charge >= 0.3 is 11.7 Å². The predicted octanol–water partition coefficient (Wildman–Crippen LogP) is 5.39. The number of aromatic nitrogens is 5. The van der Waals surface area contributed by atoms with Crippen LogP contribution in [0.5, 0.6) is 0 Å². The summed E-state index contributed by atoms with van der Waals surface area (Å²) in [6, 6.07) is 15.8. The summed E-state index contributed by atoms with van der Waals surface area (Å²) in [5.74, 6) is 0.0506. The molecular formula is C27H26ClN5O4. The summed E-state index contributed by atoms with van der Waals surface area (Å²) in [5.41, 5.74) is 3.84. The van der Waals surface area contributed by atoms with Crippen molar-refractivity contribution in [3.05, 3.63) is 87.5 Å². The van der Waals surface area contributed by atoms with E-state index in [0.717, 1.165) is 52.8 Å². The lowest BCUT2D eigenvalue weighted by Gasteiger charge is -2.13. The zero-order valence-corrected chi connectivity index (χ0v) is 21.3. The van der Waals surface area contributed by atoms with Gasteiger partial charge in [0.2, 0.25) is 0 Å². The maximum Gasteiger partial charge on any atom is 0.439 e. The number of halogens is 1. The number of carbonyl (C=O) groups excluding carboxylic acids is 1. The Labute approximate surface area is 217 Å². The number of H-pyrrole nitrogens is 1. The number of imidazole rings is 1. The Hall–Kier alpha value is -4.11. The highest BCUT2D eigenvalue weighted by Crippen LogP contribution is 2.29. The van der Waals surface area contributed by atoms with Gasteiger partial charge in [0, 0.05) is 30.1 Å². The van der Waals surface area contributed by atoms with Gasteiger partial charge in [-0.1, -0.05) is 48.3 Å². The van der Waals surface area contributed by atoms with E-state index in [4.69, 9.17) is 20.9 Å². The predicted molar refractivity (Wildman–Crippen MR) is 140 cm³/mol. The summed E-state index contributed by atoms with van der Waals surface area (Å²) in [5, 5.41) is 5.03. The van der Waals surface area contributed by atoms with Gasteiger partial charge in [-0.25, -0.2) is 14.6 Å². The maximum absolute atomic E-state index is 12.7. The van der Waals surface area contributed by atoms with Crippen molar-refractivity contribution in [3.63, 3.8) is 0 Å². The molecule has 0 aliphatic carbocycles. The summed E-state index contributed by atoms with van der Waals surface area (Å²) >= 11 is 6.39. The van der Waals surface area contributed by atoms with Crippen molar-refractivity contribution in [1.29, 1.82) is 0 Å². The van der Waals surface area contributed by atoms with Crippen molar-refractivity contribution < 1.29 is 14.1 Å². The van der Waals surface area contributed by atoms with Crippen LogP contribution in [0, 0.1) is 0 Å². The van der Waals surface area contributed by atoms with Crippen LogP contribution in [0.4, 0.5) is 0 Å². The first-order valence-electron chi connectivity index (χ1n) is 12.2. The van der Waals surface area contributed by atoms with Crippen LogP contribution in [0.3, 0.4) is 0 Å². The molecule has 0 spiro atoms. The van der Waals surface area contributed by atoms with Crippen LogP contribution in [0.2, 0.25) is 5.15 Å². The number of para-hydroxylation sites is 1. The number of esters is 1. The van der Waals surface area contributed by atoms with E-state index in [9.17, 15) is 9.59 Å². The highest BCUT2D eigenvalue weighted by atomic mass is 35.5. The summed E-state index contributed by atoms with van der Waals surface area (Å²) in [4.78, 5) is 31.3. The summed E-state index contributed by atoms with van der Waals surface area (Å²) < 4.78 is 13.9. The van der Waals surface area contributed by atoms with Crippen molar-refractivity contribution in [2.45, 2.75) is 39.7 Å². The second kappa shape index (κ2) is 10.5. The third-order valence-corrected chi connectivity index (χ3v) is 6.44. The average molecular weight is 520 g/mol. The van der Waals surface area contributed by atoms with E-state index in [0.29, 0.717) is 12.4 Å². The van der Waals surface area contributed by atoms with E-state index in [1.165, 1.54) is 0 Å². The van der Waals surface area contributed by atoms with Gasteiger partial charge in [0.1, 0.15) is 5.82 Å². The van der Waals surface area contributed by atoms with Crippen molar-refractivity contribution in [1.82, 2.24) is 24.3 Å². The maximum atomic E-state index is 12.7. The molecule has 0 aliphatic heterocycles. The SMILES string of the molecule is CCCCc1nc(Cl)c(C(=O)OCC)n1Cc1ccc2c(ccn2-c2ccccc2-c2noc(=O)[nH]2)c1. The molecule has 0 amide bonds. The molecule has 3 aromatic heterocycles. The molecule has 10 heteroatoms. The highest BCUT2D eigenvalue weighted by Gasteiger charge is 2.23. The van der Waals surface area contributed by atoms with E-state index >= 15 is 0 Å². The number of nitrogens with zero attached hydrogens (tertiary/aromatic N) is 4. The Morgan fingerprint density at radius 2 is 2.00 bits per heavy atom. The molecule has 9 nitrogen and oxygen atoms in total. The molecule has 1 N–H and O–H groups in total. The number of aromatic amines is 1. The number of carbonyl (C=O) groups is 1. The van der Waals surface area contributed by atoms with Crippen LogP contribution < -0.4 is 5.76 Å². The van der Waals surface area contributed by atoms with Crippen molar-refractivity contribution in [2.75, 3.05) is 6.61 Å². The number of unbranched alkanes of at least 4 members (excludes halogenated alkanes) is 1. The third kappa shape index (κ3) is 4.82. The van der Waals surface area contributed by atoms with Crippen molar-refractivity contribution in [3.8, 4) is 17.1 Å². The Balaban J connectivity index is 1.52. The molecule has 0 atom stereocenters. The Morgan fingerprint density at radius 3 is 2.76 bits per heavy atom. The van der Waals surface area contributed by atoms with Crippen LogP contribution >= 0.6 is 11.6 Å². The second-order valence-corrected chi connectivity index (χ2v) is 8.98. The molecule has 0 bridgehead atoms. The van der Waals surface area contributed by atoms with Crippen LogP contribution in [0.25, 0.3) is 28.0 Å². The van der Waals surface area contributed by atoms with E-state index in [1.54, 1.807) is 6.92 Å². The van der Waals surface area contributed by atoms with Crippen LogP contribution in [0.15, 0.2) is 64.0 Å². The number of benzene rings is 2. The normalized spacial score (nSPS) is 11.3. The summed E-state index contributed by atoms with van der Waals surface area (Å²) in [7, 11) is 0. The smallest absolute Gasteiger partial charge is 0.439 e. The lowest BCUT2D eigenvalue weighted by molar-refractivity contribution is 0.0514. The first-order chi connectivity index (χ1) is 18.0. The molecule has 3 heterocycles. The van der Waals surface area contributed by atoms with Gasteiger partial charge in [0.05, 0.1) is 17.8 Å². The molecule has 5 aromatic rings. The van der Waals surface area contributed by atoms with E-state index in [1.807, 2.05) is 57.8 Å². The molecular weight excluding hydrogens is 494 g/mol. The van der Waals surface area contributed by atoms with Gasteiger partial charge in [-0.15, -0.1) is 0 Å². The van der Waals surface area contributed by atoms with E-state index < -0.39 is 11.7 Å². The van der Waals surface area contributed by atoms with E-state index in [2.05, 4.69) is 28.1 Å². The van der Waals surface area contributed by atoms with Gasteiger partial charge < -0.3 is 13.9 Å². The minimum absolute atomic E-state index is 0.166. The van der Waals surface area contributed by atoms with Gasteiger partial charge in [0.15, 0.2) is 16.7 Å². The molecule has 5 rings (SSSR count). The molecule has 37 heavy (non-hydrogen) atoms. The number of aryl methyl sites for hydroxylation is 1. The van der Waals surface area contributed by atoms with Crippen LogP contribution in [0.1, 0.15) is 48.6 Å². The number of hydrogen-bond donors (Lipinski definition) is 1. The van der Waals surface area contributed by atoms with Gasteiger partial charge in [-0.3, -0.25) is 9.51 Å². The molecule has 0 unspecified atom stereocenters. The Morgan fingerprint density at radius 1 is 1.16 bits per heavy atom. The third-order valence-electron chi connectivity index (χ3n) is 6.18. The standard InChI is InChI=1S/C27H26ClN5O4/c1-3-5-10-22-29-24(28)23(26(34)36-4-2)33(22)16-17-11-12-20-18(15-17)13-14-32(20)21-9-7-6-8-19(21)25-30-27(35)37-31-25/h6-9,11-15H,3-5,10,16H2,1-2H3,(H,30,31,35). The minimum atomic E-state index is -0.605. The Bertz CT molecular complexity index is 1630. The first-order valence-corrected chi connectivity index (χ1v) is 12.6. The first kappa shape index (κ1) is 24.6. The van der Waals surface area contributed by atoms with Crippen molar-refractivity contribution in [2.24, 2.45) is 0 Å². The number of rotatable bonds is 9. The van der Waals surface area contributed by atoms with Crippen molar-refractivity contribution >= 4 is 28.5 Å². The summed E-state index contributed by atoms with van der Waals surface area (Å²) in [6.45, 7) is 4.57. The number of ether oxygens (including phenoxy) is 1. The molecule has 0 saturated heterocycles. The monoisotopic (exact) mass is 519 g/mol. The van der Waals surface area contributed by atoms with Gasteiger partial charge in [-0.05, 0) is 49.2 Å². The molecule has 0 saturated carbocycles. The quantitative estimate of drug-likeness (QED) is 0.261. The molecule has 2 aromatic carbocycles. The fourth-order valence-corrected chi connectivity index (χ4v) is 4.75. The highest BCUT2D eigenvalue weighted by molar-refractivity contribution is 6.32. The molecule has 190 valence electrons. The number of fused-ring (bicyclic) bond motifs is 1. The zero-order valence-electron chi connectivity index (χ0n) is 20.5. The molecule has 0 aliphatic rings. The topological polar surface area (TPSA) is 108 Å². The number of nitrogens with one attached hydrogen (secondary N) is 1. The van der Waals surface area contributed by atoms with Crippen LogP contribution in [-0.2, 0) is 17.7 Å². The fraction of sp³-hybridized carbons (Fsp3) is 0.259. The van der Waals surface area contributed by atoms with E-state index in [-0.39, 0.29) is 17.5 Å². The second-order valence-electron chi connectivity index (χ2n) is 8.62. The van der Waals surface area contributed by atoms with Crippen LogP contribution in [-0.4, -0.2) is 36.8 Å². The lowest BCUT2D eigenvalue weighted by Crippen LogP contribution is -2.15. The fourth-order valence-electron chi connectivity index (χ4n) is 4.47. The molecule has 0 radical (unpaired) electrons. The molecule has 0 fully saturated rings. The van der Waals surface area contributed by atoms with Gasteiger partial charge in [-0.2, -0.15) is 0 Å². The zero-order chi connectivity index (χ0) is 25.9. The minimum Gasteiger partial charge on any atom is -0.461 e. The number of hydrogen-bond acceptors (Lipinski definition) is 6. The average Bonchev–Trinajstić information content (AvgIpc) is 3.59. The lowest BCUT2D eigenvalue weighted by atomic mass is 10.1. The summed E-state index contributed by atoms with van der Waals surface area (Å²) in [6.07, 6.45) is 4.63. The Kier molecular flexibility index (Phi) is 6.96. The largest absolute Gasteiger partial charge is 0.461 e.